The van der Waals surface area contributed by atoms with Crippen LogP contribution < -0.4 is 10.6 Å². The quantitative estimate of drug-likeness (QED) is 0.634. The van der Waals surface area contributed by atoms with Crippen LogP contribution in [0.3, 0.4) is 0 Å². The first-order chi connectivity index (χ1) is 9.22. The molecule has 0 radical (unpaired) electrons. The maximum Gasteiger partial charge on any atom is 0.221 e. The summed E-state index contributed by atoms with van der Waals surface area (Å²) in [6.07, 6.45) is 2.95. The van der Waals surface area contributed by atoms with Gasteiger partial charge in [0.05, 0.1) is 6.26 Å². The van der Waals surface area contributed by atoms with E-state index in [2.05, 4.69) is 10.6 Å². The van der Waals surface area contributed by atoms with Crippen LogP contribution in [-0.2, 0) is 16.1 Å². The first-order valence-electron chi connectivity index (χ1n) is 6.82. The summed E-state index contributed by atoms with van der Waals surface area (Å²) >= 11 is 0. The van der Waals surface area contributed by atoms with Crippen molar-refractivity contribution in [2.24, 2.45) is 0 Å². The van der Waals surface area contributed by atoms with E-state index >= 15 is 0 Å². The van der Waals surface area contributed by atoms with Gasteiger partial charge in [0.2, 0.25) is 5.91 Å². The van der Waals surface area contributed by atoms with Crippen LogP contribution in [0, 0.1) is 0 Å². The summed E-state index contributed by atoms with van der Waals surface area (Å²) in [5.74, 6) is 0.906. The first-order valence-corrected chi connectivity index (χ1v) is 6.82. The van der Waals surface area contributed by atoms with Crippen molar-refractivity contribution >= 4 is 5.91 Å². The summed E-state index contributed by atoms with van der Waals surface area (Å²) in [7, 11) is 0. The summed E-state index contributed by atoms with van der Waals surface area (Å²) in [5.41, 5.74) is 0. The maximum absolute atomic E-state index is 11.5. The number of amides is 1. The molecule has 1 unspecified atom stereocenters. The van der Waals surface area contributed by atoms with Gasteiger partial charge in [0, 0.05) is 25.6 Å². The molecule has 0 aliphatic heterocycles. The molecule has 1 amide bonds. The van der Waals surface area contributed by atoms with Crippen LogP contribution >= 0.6 is 0 Å². The maximum atomic E-state index is 11.5. The smallest absolute Gasteiger partial charge is 0.221 e. The minimum Gasteiger partial charge on any atom is -0.467 e. The average Bonchev–Trinajstić information content (AvgIpc) is 2.86. The van der Waals surface area contributed by atoms with E-state index in [0.717, 1.165) is 18.7 Å². The molecule has 0 aromatic carbocycles. The zero-order valence-corrected chi connectivity index (χ0v) is 11.8. The Hall–Kier alpha value is -1.33. The molecule has 0 saturated heterocycles. The van der Waals surface area contributed by atoms with Gasteiger partial charge in [0.15, 0.2) is 0 Å². The fourth-order valence-corrected chi connectivity index (χ4v) is 1.74. The standard InChI is InChI=1S/C14H24N2O3/c1-3-15-12(2)10-14(17)16-7-5-8-18-11-13-6-4-9-19-13/h4,6,9,12,15H,3,5,7-8,10-11H2,1-2H3,(H,16,17). The van der Waals surface area contributed by atoms with Gasteiger partial charge < -0.3 is 19.8 Å². The van der Waals surface area contributed by atoms with Crippen molar-refractivity contribution < 1.29 is 13.9 Å². The van der Waals surface area contributed by atoms with Crippen molar-refractivity contribution in [3.63, 3.8) is 0 Å². The molecule has 0 aliphatic carbocycles. The number of carbonyl (C=O) groups is 1. The molecule has 108 valence electrons. The molecule has 5 nitrogen and oxygen atoms in total. The number of furan rings is 1. The molecule has 1 aromatic heterocycles. The van der Waals surface area contributed by atoms with Gasteiger partial charge in [-0.25, -0.2) is 0 Å². The molecular formula is C14H24N2O3. The van der Waals surface area contributed by atoms with Crippen LogP contribution in [0.15, 0.2) is 22.8 Å². The Balaban J connectivity index is 1.94. The summed E-state index contributed by atoms with van der Waals surface area (Å²) in [6, 6.07) is 3.94. The molecule has 19 heavy (non-hydrogen) atoms. The van der Waals surface area contributed by atoms with Gasteiger partial charge in [-0.1, -0.05) is 6.92 Å². The lowest BCUT2D eigenvalue weighted by Gasteiger charge is -2.12. The average molecular weight is 268 g/mol. The predicted molar refractivity (Wildman–Crippen MR) is 73.7 cm³/mol. The Bertz CT molecular complexity index is 338. The topological polar surface area (TPSA) is 63.5 Å². The largest absolute Gasteiger partial charge is 0.467 e. The summed E-state index contributed by atoms with van der Waals surface area (Å²) < 4.78 is 10.6. The van der Waals surface area contributed by atoms with Gasteiger partial charge in [-0.2, -0.15) is 0 Å². The molecule has 1 rings (SSSR count). The minimum atomic E-state index is 0.0829. The second-order valence-corrected chi connectivity index (χ2v) is 4.50. The molecular weight excluding hydrogens is 244 g/mol. The molecule has 5 heteroatoms. The van der Waals surface area contributed by atoms with Crippen molar-refractivity contribution in [1.82, 2.24) is 10.6 Å². The van der Waals surface area contributed by atoms with Crippen molar-refractivity contribution in [2.75, 3.05) is 19.7 Å². The van der Waals surface area contributed by atoms with E-state index in [-0.39, 0.29) is 11.9 Å². The Morgan fingerprint density at radius 2 is 2.37 bits per heavy atom. The Morgan fingerprint density at radius 3 is 3.05 bits per heavy atom. The highest BCUT2D eigenvalue weighted by Gasteiger charge is 2.06. The van der Waals surface area contributed by atoms with E-state index in [1.807, 2.05) is 26.0 Å². The second kappa shape index (κ2) is 9.58. The van der Waals surface area contributed by atoms with Gasteiger partial charge in [-0.15, -0.1) is 0 Å². The molecule has 0 bridgehead atoms. The molecule has 1 aromatic rings. The lowest BCUT2D eigenvalue weighted by molar-refractivity contribution is -0.121. The fraction of sp³-hybridized carbons (Fsp3) is 0.643. The van der Waals surface area contributed by atoms with E-state index < -0.39 is 0 Å². The zero-order valence-electron chi connectivity index (χ0n) is 11.8. The Kier molecular flexibility index (Phi) is 7.93. The van der Waals surface area contributed by atoms with E-state index in [4.69, 9.17) is 9.15 Å². The number of hydrogen-bond acceptors (Lipinski definition) is 4. The molecule has 1 atom stereocenters. The van der Waals surface area contributed by atoms with Crippen molar-refractivity contribution in [1.29, 1.82) is 0 Å². The SMILES string of the molecule is CCNC(C)CC(=O)NCCCOCc1ccco1. The highest BCUT2D eigenvalue weighted by atomic mass is 16.5. The predicted octanol–water partition coefficient (Wildman–Crippen LogP) is 1.69. The van der Waals surface area contributed by atoms with Gasteiger partial charge in [-0.05, 0) is 32.0 Å². The summed E-state index contributed by atoms with van der Waals surface area (Å²) in [4.78, 5) is 11.5. The van der Waals surface area contributed by atoms with Crippen molar-refractivity contribution in [3.05, 3.63) is 24.2 Å². The van der Waals surface area contributed by atoms with Gasteiger partial charge in [0.25, 0.3) is 0 Å². The number of ether oxygens (including phenoxy) is 1. The second-order valence-electron chi connectivity index (χ2n) is 4.50. The third-order valence-electron chi connectivity index (χ3n) is 2.66. The third kappa shape index (κ3) is 7.64. The molecule has 0 aliphatic rings. The summed E-state index contributed by atoms with van der Waals surface area (Å²) in [5, 5.41) is 6.09. The van der Waals surface area contributed by atoms with Crippen LogP contribution in [0.25, 0.3) is 0 Å². The van der Waals surface area contributed by atoms with Crippen LogP contribution in [0.5, 0.6) is 0 Å². The number of nitrogens with one attached hydrogen (secondary N) is 2. The molecule has 0 saturated carbocycles. The van der Waals surface area contributed by atoms with E-state index in [9.17, 15) is 4.79 Å². The Morgan fingerprint density at radius 1 is 1.53 bits per heavy atom. The van der Waals surface area contributed by atoms with Crippen LogP contribution in [0.1, 0.15) is 32.4 Å². The minimum absolute atomic E-state index is 0.0829. The summed E-state index contributed by atoms with van der Waals surface area (Å²) in [6.45, 7) is 6.67. The molecule has 0 fully saturated rings. The van der Waals surface area contributed by atoms with Crippen LogP contribution in [0.4, 0.5) is 0 Å². The molecule has 1 heterocycles. The number of carbonyl (C=O) groups excluding carboxylic acids is 1. The zero-order chi connectivity index (χ0) is 13.9. The fourth-order valence-electron chi connectivity index (χ4n) is 1.74. The first kappa shape index (κ1) is 15.7. The normalized spacial score (nSPS) is 12.3. The number of hydrogen-bond donors (Lipinski definition) is 2. The van der Waals surface area contributed by atoms with E-state index in [0.29, 0.717) is 26.2 Å². The van der Waals surface area contributed by atoms with Gasteiger partial charge in [-0.3, -0.25) is 4.79 Å². The third-order valence-corrected chi connectivity index (χ3v) is 2.66. The number of rotatable bonds is 10. The van der Waals surface area contributed by atoms with Crippen LogP contribution in [0.2, 0.25) is 0 Å². The highest BCUT2D eigenvalue weighted by Crippen LogP contribution is 2.01. The van der Waals surface area contributed by atoms with E-state index in [1.165, 1.54) is 0 Å². The Labute approximate surface area is 114 Å². The van der Waals surface area contributed by atoms with Gasteiger partial charge >= 0.3 is 0 Å². The lowest BCUT2D eigenvalue weighted by Crippen LogP contribution is -2.34. The lowest BCUT2D eigenvalue weighted by atomic mass is 10.2. The van der Waals surface area contributed by atoms with Crippen molar-refractivity contribution in [2.45, 2.75) is 39.3 Å². The van der Waals surface area contributed by atoms with Crippen molar-refractivity contribution in [3.8, 4) is 0 Å². The van der Waals surface area contributed by atoms with E-state index in [1.54, 1.807) is 6.26 Å². The van der Waals surface area contributed by atoms with Crippen LogP contribution in [-0.4, -0.2) is 31.6 Å². The molecule has 0 spiro atoms. The monoisotopic (exact) mass is 268 g/mol. The van der Waals surface area contributed by atoms with Gasteiger partial charge in [0.1, 0.15) is 12.4 Å². The molecule has 2 N–H and O–H groups in total. The highest BCUT2D eigenvalue weighted by molar-refractivity contribution is 5.76.